The van der Waals surface area contributed by atoms with E-state index in [4.69, 9.17) is 5.11 Å². The first kappa shape index (κ1) is 20.1. The first-order chi connectivity index (χ1) is 11.8. The van der Waals surface area contributed by atoms with Crippen LogP contribution in [-0.4, -0.2) is 27.8 Å². The monoisotopic (exact) mass is 351 g/mol. The van der Waals surface area contributed by atoms with Crippen molar-refractivity contribution in [2.75, 3.05) is 0 Å². The summed E-state index contributed by atoms with van der Waals surface area (Å²) in [6.45, 7) is 1.87. The van der Waals surface area contributed by atoms with E-state index in [2.05, 4.69) is 10.9 Å². The van der Waals surface area contributed by atoms with E-state index in [9.17, 15) is 24.5 Å². The van der Waals surface area contributed by atoms with Crippen LogP contribution in [0.2, 0.25) is 0 Å². The first-order valence-corrected chi connectivity index (χ1v) is 7.87. The van der Waals surface area contributed by atoms with Gasteiger partial charge in [-0.15, -0.1) is 0 Å². The molecule has 1 aromatic carbocycles. The number of hydrogen-bond acceptors (Lipinski definition) is 5. The number of nitro benzene ring substituents is 1. The summed E-state index contributed by atoms with van der Waals surface area (Å²) < 4.78 is 0. The van der Waals surface area contributed by atoms with Gasteiger partial charge in [0.25, 0.3) is 5.69 Å². The lowest BCUT2D eigenvalue weighted by molar-refractivity contribution is -0.384. The van der Waals surface area contributed by atoms with Crippen molar-refractivity contribution in [2.24, 2.45) is 5.92 Å². The maximum Gasteiger partial charge on any atom is 0.306 e. The van der Waals surface area contributed by atoms with Crippen molar-refractivity contribution in [1.29, 1.82) is 0 Å². The lowest BCUT2D eigenvalue weighted by Crippen LogP contribution is -2.42. The lowest BCUT2D eigenvalue weighted by Gasteiger charge is -2.11. The number of carbonyl (C=O) groups excluding carboxylic acids is 2. The second kappa shape index (κ2) is 10.0. The predicted molar refractivity (Wildman–Crippen MR) is 88.4 cm³/mol. The number of carboxylic acid groups (broad SMARTS) is 1. The van der Waals surface area contributed by atoms with Gasteiger partial charge in [-0.1, -0.05) is 25.5 Å². The van der Waals surface area contributed by atoms with Crippen molar-refractivity contribution >= 4 is 23.5 Å². The van der Waals surface area contributed by atoms with Gasteiger partial charge in [-0.2, -0.15) is 0 Å². The molecule has 0 spiro atoms. The Morgan fingerprint density at radius 2 is 1.72 bits per heavy atom. The zero-order valence-corrected chi connectivity index (χ0v) is 13.9. The van der Waals surface area contributed by atoms with E-state index in [0.717, 1.165) is 0 Å². The molecule has 9 nitrogen and oxygen atoms in total. The Labute approximate surface area is 144 Å². The molecule has 0 fully saturated rings. The molecule has 1 rings (SSSR count). The fraction of sp³-hybridized carbons (Fsp3) is 0.438. The van der Waals surface area contributed by atoms with E-state index in [1.807, 2.05) is 6.92 Å². The van der Waals surface area contributed by atoms with Crippen LogP contribution < -0.4 is 10.9 Å². The van der Waals surface area contributed by atoms with E-state index in [1.165, 1.54) is 24.3 Å². The quantitative estimate of drug-likeness (QED) is 0.456. The number of rotatable bonds is 9. The van der Waals surface area contributed by atoms with Crippen LogP contribution in [0.15, 0.2) is 24.3 Å². The highest BCUT2D eigenvalue weighted by atomic mass is 16.6. The normalized spacial score (nSPS) is 11.4. The molecule has 0 heterocycles. The number of carboxylic acids is 1. The Bertz CT molecular complexity index is 629. The van der Waals surface area contributed by atoms with Crippen LogP contribution >= 0.6 is 0 Å². The van der Waals surface area contributed by atoms with Gasteiger partial charge in [-0.3, -0.25) is 35.3 Å². The zero-order chi connectivity index (χ0) is 18.8. The Morgan fingerprint density at radius 3 is 2.24 bits per heavy atom. The van der Waals surface area contributed by atoms with Crippen LogP contribution in [0.3, 0.4) is 0 Å². The summed E-state index contributed by atoms with van der Waals surface area (Å²) in [4.78, 5) is 44.4. The minimum Gasteiger partial charge on any atom is -0.481 e. The van der Waals surface area contributed by atoms with Gasteiger partial charge in [0.05, 0.1) is 17.3 Å². The molecule has 0 saturated heterocycles. The number of carbonyl (C=O) groups is 3. The highest BCUT2D eigenvalue weighted by molar-refractivity contribution is 5.83. The SMILES string of the molecule is CCCC(CCC(=O)NNC(=O)Cc1ccc([N+](=O)[O-])cc1)C(=O)O. The standard InChI is InChI=1S/C16H21N3O6/c1-2-3-12(16(22)23)6-9-14(20)17-18-15(21)10-11-4-7-13(8-5-11)19(24)25/h4-5,7-8,12H,2-3,6,9-10H2,1H3,(H,17,20)(H,18,21)(H,22,23). The number of amides is 2. The maximum absolute atomic E-state index is 11.7. The van der Waals surface area contributed by atoms with E-state index in [0.29, 0.717) is 18.4 Å². The van der Waals surface area contributed by atoms with Gasteiger partial charge in [0, 0.05) is 18.6 Å². The smallest absolute Gasteiger partial charge is 0.306 e. The number of hydrogen-bond donors (Lipinski definition) is 3. The number of benzene rings is 1. The first-order valence-electron chi connectivity index (χ1n) is 7.87. The Balaban J connectivity index is 2.36. The van der Waals surface area contributed by atoms with E-state index < -0.39 is 28.6 Å². The van der Waals surface area contributed by atoms with Crippen molar-refractivity contribution in [2.45, 2.75) is 39.0 Å². The van der Waals surface area contributed by atoms with Crippen LogP contribution in [0, 0.1) is 16.0 Å². The van der Waals surface area contributed by atoms with Gasteiger partial charge in [-0.25, -0.2) is 0 Å². The average Bonchev–Trinajstić information content (AvgIpc) is 2.57. The van der Waals surface area contributed by atoms with Gasteiger partial charge >= 0.3 is 5.97 Å². The second-order valence-electron chi connectivity index (χ2n) is 5.56. The van der Waals surface area contributed by atoms with Crippen LogP contribution in [-0.2, 0) is 20.8 Å². The van der Waals surface area contributed by atoms with Crippen molar-refractivity contribution < 1.29 is 24.4 Å². The third-order valence-corrected chi connectivity index (χ3v) is 3.56. The van der Waals surface area contributed by atoms with Gasteiger partial charge in [0.1, 0.15) is 0 Å². The zero-order valence-electron chi connectivity index (χ0n) is 13.9. The Morgan fingerprint density at radius 1 is 1.12 bits per heavy atom. The van der Waals surface area contributed by atoms with Gasteiger partial charge in [0.15, 0.2) is 0 Å². The Kier molecular flexibility index (Phi) is 8.04. The van der Waals surface area contributed by atoms with Crippen molar-refractivity contribution in [1.82, 2.24) is 10.9 Å². The summed E-state index contributed by atoms with van der Waals surface area (Å²) >= 11 is 0. The predicted octanol–water partition coefficient (Wildman–Crippen LogP) is 1.57. The molecule has 0 saturated carbocycles. The summed E-state index contributed by atoms with van der Waals surface area (Å²) in [6.07, 6.45) is 1.35. The van der Waals surface area contributed by atoms with Crippen molar-refractivity contribution in [3.8, 4) is 0 Å². The molecule has 136 valence electrons. The molecular formula is C16H21N3O6. The minimum atomic E-state index is -0.933. The summed E-state index contributed by atoms with van der Waals surface area (Å²) in [5.74, 6) is -2.46. The van der Waals surface area contributed by atoms with Gasteiger partial charge in [-0.05, 0) is 18.4 Å². The molecule has 3 N–H and O–H groups in total. The molecule has 0 aliphatic rings. The third-order valence-electron chi connectivity index (χ3n) is 3.56. The molecule has 0 bridgehead atoms. The second-order valence-corrected chi connectivity index (χ2v) is 5.56. The Hall–Kier alpha value is -2.97. The topological polar surface area (TPSA) is 139 Å². The number of aliphatic carboxylic acids is 1. The molecule has 2 amide bonds. The summed E-state index contributed by atoms with van der Waals surface area (Å²) in [6, 6.07) is 5.51. The number of nitrogens with one attached hydrogen (secondary N) is 2. The van der Waals surface area contributed by atoms with Crippen molar-refractivity contribution in [3.05, 3.63) is 39.9 Å². The number of nitrogens with zero attached hydrogens (tertiary/aromatic N) is 1. The minimum absolute atomic E-state index is 0.00518. The van der Waals surface area contributed by atoms with Crippen molar-refractivity contribution in [3.63, 3.8) is 0 Å². The number of nitro groups is 1. The molecule has 9 heteroatoms. The van der Waals surface area contributed by atoms with Gasteiger partial charge < -0.3 is 5.11 Å². The van der Waals surface area contributed by atoms with Crippen LogP contribution in [0.5, 0.6) is 0 Å². The fourth-order valence-electron chi connectivity index (χ4n) is 2.21. The average molecular weight is 351 g/mol. The summed E-state index contributed by atoms with van der Waals surface area (Å²) in [5, 5.41) is 19.6. The molecule has 0 aliphatic carbocycles. The molecule has 25 heavy (non-hydrogen) atoms. The molecule has 1 atom stereocenters. The fourth-order valence-corrected chi connectivity index (χ4v) is 2.21. The molecule has 0 aromatic heterocycles. The highest BCUT2D eigenvalue weighted by Gasteiger charge is 2.17. The molecule has 0 aliphatic heterocycles. The summed E-state index contributed by atoms with van der Waals surface area (Å²) in [5.41, 5.74) is 4.95. The van der Waals surface area contributed by atoms with E-state index >= 15 is 0 Å². The summed E-state index contributed by atoms with van der Waals surface area (Å²) in [7, 11) is 0. The van der Waals surface area contributed by atoms with Crippen LogP contribution in [0.1, 0.15) is 38.2 Å². The van der Waals surface area contributed by atoms with Crippen LogP contribution in [0.4, 0.5) is 5.69 Å². The van der Waals surface area contributed by atoms with E-state index in [1.54, 1.807) is 0 Å². The van der Waals surface area contributed by atoms with Crippen LogP contribution in [0.25, 0.3) is 0 Å². The maximum atomic E-state index is 11.7. The van der Waals surface area contributed by atoms with Gasteiger partial charge in [0.2, 0.25) is 11.8 Å². The molecular weight excluding hydrogens is 330 g/mol. The largest absolute Gasteiger partial charge is 0.481 e. The molecule has 1 aromatic rings. The molecule has 1 unspecified atom stereocenters. The number of non-ortho nitro benzene ring substituents is 1. The highest BCUT2D eigenvalue weighted by Crippen LogP contribution is 2.14. The third kappa shape index (κ3) is 7.42. The number of hydrazine groups is 1. The molecule has 0 radical (unpaired) electrons. The lowest BCUT2D eigenvalue weighted by atomic mass is 9.98. The van der Waals surface area contributed by atoms with E-state index in [-0.39, 0.29) is 24.9 Å².